The Bertz CT molecular complexity index is 823. The normalized spacial score (nSPS) is 12.0. The highest BCUT2D eigenvalue weighted by Gasteiger charge is 2.33. The smallest absolute Gasteiger partial charge is 0.328 e. The average molecular weight is 388 g/mol. The fraction of sp³-hybridized carbons (Fsp3) is 0.350. The number of hydrogen-bond donors (Lipinski definition) is 2. The molecular formula is C20H24N2O6. The largest absolute Gasteiger partial charge is 0.484 e. The van der Waals surface area contributed by atoms with Crippen LogP contribution in [-0.4, -0.2) is 37.5 Å². The van der Waals surface area contributed by atoms with Crippen LogP contribution >= 0.6 is 0 Å². The number of ether oxygens (including phenoxy) is 2. The molecule has 8 nitrogen and oxygen atoms in total. The second kappa shape index (κ2) is 9.07. The Balaban J connectivity index is 1.94. The van der Waals surface area contributed by atoms with Gasteiger partial charge in [0.15, 0.2) is 12.4 Å². The predicted octanol–water partition coefficient (Wildman–Crippen LogP) is 2.61. The van der Waals surface area contributed by atoms with Crippen molar-refractivity contribution in [3.8, 4) is 5.75 Å². The zero-order valence-electron chi connectivity index (χ0n) is 16.3. The van der Waals surface area contributed by atoms with E-state index in [2.05, 4.69) is 10.6 Å². The van der Waals surface area contributed by atoms with Crippen LogP contribution in [0.3, 0.4) is 0 Å². The Morgan fingerprint density at radius 3 is 2.50 bits per heavy atom. The summed E-state index contributed by atoms with van der Waals surface area (Å²) in [5, 5.41) is 5.30. The van der Waals surface area contributed by atoms with Crippen molar-refractivity contribution in [3.05, 3.63) is 48.4 Å². The maximum atomic E-state index is 12.2. The molecule has 8 heteroatoms. The summed E-state index contributed by atoms with van der Waals surface area (Å²) in [6.07, 6.45) is 1.41. The lowest BCUT2D eigenvalue weighted by atomic mass is 9.86. The lowest BCUT2D eigenvalue weighted by Crippen LogP contribution is -2.50. The Hall–Kier alpha value is -3.29. The molecule has 0 aliphatic heterocycles. The van der Waals surface area contributed by atoms with Gasteiger partial charge in [-0.25, -0.2) is 4.79 Å². The average Bonchev–Trinajstić information content (AvgIpc) is 3.18. The molecule has 150 valence electrons. The van der Waals surface area contributed by atoms with Crippen LogP contribution in [0.25, 0.3) is 0 Å². The molecule has 0 radical (unpaired) electrons. The molecule has 0 aliphatic rings. The van der Waals surface area contributed by atoms with Gasteiger partial charge in [-0.15, -0.1) is 0 Å². The zero-order valence-corrected chi connectivity index (χ0v) is 16.3. The monoisotopic (exact) mass is 388 g/mol. The molecule has 1 aromatic heterocycles. The van der Waals surface area contributed by atoms with Gasteiger partial charge in [0.25, 0.3) is 11.8 Å². The van der Waals surface area contributed by atoms with Gasteiger partial charge in [0.05, 0.1) is 13.4 Å². The number of amides is 2. The molecule has 1 aromatic carbocycles. The standard InChI is InChI=1S/C20H24N2O6/c1-20(2,3)17(19(25)26-4)22-16(23)12-28-14-8-5-7-13(11-14)21-18(24)15-9-6-10-27-15/h5-11,17H,12H2,1-4H3,(H,21,24)(H,22,23). The summed E-state index contributed by atoms with van der Waals surface area (Å²) < 4.78 is 15.2. The van der Waals surface area contributed by atoms with Crippen LogP contribution in [0.4, 0.5) is 5.69 Å². The number of carbonyl (C=O) groups excluding carboxylic acids is 3. The zero-order chi connectivity index (χ0) is 20.7. The van der Waals surface area contributed by atoms with E-state index in [4.69, 9.17) is 13.9 Å². The Morgan fingerprint density at radius 1 is 1.14 bits per heavy atom. The molecule has 1 unspecified atom stereocenters. The van der Waals surface area contributed by atoms with E-state index in [-0.39, 0.29) is 12.4 Å². The van der Waals surface area contributed by atoms with Crippen molar-refractivity contribution >= 4 is 23.5 Å². The molecule has 2 aromatic rings. The molecule has 0 spiro atoms. The van der Waals surface area contributed by atoms with Gasteiger partial charge in [0.1, 0.15) is 11.8 Å². The van der Waals surface area contributed by atoms with E-state index in [0.717, 1.165) is 0 Å². The van der Waals surface area contributed by atoms with Crippen molar-refractivity contribution < 1.29 is 28.3 Å². The van der Waals surface area contributed by atoms with Crippen LogP contribution in [0.2, 0.25) is 0 Å². The molecule has 0 saturated carbocycles. The Morgan fingerprint density at radius 2 is 1.89 bits per heavy atom. The summed E-state index contributed by atoms with van der Waals surface area (Å²) in [6.45, 7) is 5.17. The quantitative estimate of drug-likeness (QED) is 0.706. The third-order valence-corrected chi connectivity index (χ3v) is 3.82. The second-order valence-corrected chi connectivity index (χ2v) is 7.14. The first kappa shape index (κ1) is 21.0. The first-order chi connectivity index (χ1) is 13.2. The highest BCUT2D eigenvalue weighted by molar-refractivity contribution is 6.02. The number of methoxy groups -OCH3 is 1. The predicted molar refractivity (Wildman–Crippen MR) is 102 cm³/mol. The first-order valence-corrected chi connectivity index (χ1v) is 8.65. The number of benzene rings is 1. The van der Waals surface area contributed by atoms with Crippen LogP contribution in [0.1, 0.15) is 31.3 Å². The number of esters is 1. The highest BCUT2D eigenvalue weighted by atomic mass is 16.5. The summed E-state index contributed by atoms with van der Waals surface area (Å²) >= 11 is 0. The van der Waals surface area contributed by atoms with Gasteiger partial charge < -0.3 is 24.5 Å². The molecular weight excluding hydrogens is 364 g/mol. The summed E-state index contributed by atoms with van der Waals surface area (Å²) in [5.74, 6) is -0.815. The van der Waals surface area contributed by atoms with Gasteiger partial charge in [0.2, 0.25) is 0 Å². The summed E-state index contributed by atoms with van der Waals surface area (Å²) in [7, 11) is 1.27. The van der Waals surface area contributed by atoms with E-state index in [1.54, 1.807) is 36.4 Å². The van der Waals surface area contributed by atoms with Crippen LogP contribution in [0.5, 0.6) is 5.75 Å². The molecule has 28 heavy (non-hydrogen) atoms. The molecule has 2 rings (SSSR count). The molecule has 0 bridgehead atoms. The lowest BCUT2D eigenvalue weighted by molar-refractivity contribution is -0.148. The molecule has 1 atom stereocenters. The summed E-state index contributed by atoms with van der Waals surface area (Å²) in [6, 6.07) is 8.96. The number of furan rings is 1. The van der Waals surface area contributed by atoms with Crippen molar-refractivity contribution in [2.24, 2.45) is 5.41 Å². The topological polar surface area (TPSA) is 107 Å². The maximum absolute atomic E-state index is 12.2. The number of rotatable bonds is 7. The van der Waals surface area contributed by atoms with Crippen LogP contribution in [0, 0.1) is 5.41 Å². The van der Waals surface area contributed by atoms with Gasteiger partial charge in [-0.2, -0.15) is 0 Å². The van der Waals surface area contributed by atoms with Crippen molar-refractivity contribution in [1.29, 1.82) is 0 Å². The van der Waals surface area contributed by atoms with Gasteiger partial charge in [-0.3, -0.25) is 9.59 Å². The van der Waals surface area contributed by atoms with Crippen LogP contribution in [0.15, 0.2) is 47.1 Å². The van der Waals surface area contributed by atoms with Gasteiger partial charge >= 0.3 is 5.97 Å². The van der Waals surface area contributed by atoms with Gasteiger partial charge in [-0.1, -0.05) is 26.8 Å². The van der Waals surface area contributed by atoms with E-state index in [1.165, 1.54) is 13.4 Å². The van der Waals surface area contributed by atoms with Crippen molar-refractivity contribution in [1.82, 2.24) is 5.32 Å². The Labute approximate surface area is 163 Å². The molecule has 0 saturated heterocycles. The minimum absolute atomic E-state index is 0.182. The van der Waals surface area contributed by atoms with E-state index >= 15 is 0 Å². The fourth-order valence-corrected chi connectivity index (χ4v) is 2.36. The summed E-state index contributed by atoms with van der Waals surface area (Å²) in [4.78, 5) is 36.1. The molecule has 0 fully saturated rings. The lowest BCUT2D eigenvalue weighted by Gasteiger charge is -2.28. The molecule has 2 N–H and O–H groups in total. The molecule has 0 aliphatic carbocycles. The highest BCUT2D eigenvalue weighted by Crippen LogP contribution is 2.21. The number of hydrogen-bond acceptors (Lipinski definition) is 6. The van der Waals surface area contributed by atoms with Crippen molar-refractivity contribution in [2.75, 3.05) is 19.0 Å². The molecule has 1 heterocycles. The number of nitrogens with one attached hydrogen (secondary N) is 2. The number of anilines is 1. The summed E-state index contributed by atoms with van der Waals surface area (Å²) in [5.41, 5.74) is -0.0276. The fourth-order valence-electron chi connectivity index (χ4n) is 2.36. The molecule has 2 amide bonds. The van der Waals surface area contributed by atoms with Gasteiger partial charge in [-0.05, 0) is 29.7 Å². The van der Waals surface area contributed by atoms with Crippen molar-refractivity contribution in [3.63, 3.8) is 0 Å². The van der Waals surface area contributed by atoms with Gasteiger partial charge in [0, 0.05) is 11.8 Å². The third-order valence-electron chi connectivity index (χ3n) is 3.82. The van der Waals surface area contributed by atoms with E-state index < -0.39 is 29.2 Å². The van der Waals surface area contributed by atoms with E-state index in [1.807, 2.05) is 20.8 Å². The SMILES string of the molecule is COC(=O)C(NC(=O)COc1cccc(NC(=O)c2ccco2)c1)C(C)(C)C. The maximum Gasteiger partial charge on any atom is 0.328 e. The van der Waals surface area contributed by atoms with Crippen molar-refractivity contribution in [2.45, 2.75) is 26.8 Å². The van der Waals surface area contributed by atoms with Crippen LogP contribution < -0.4 is 15.4 Å². The van der Waals surface area contributed by atoms with E-state index in [9.17, 15) is 14.4 Å². The second-order valence-electron chi connectivity index (χ2n) is 7.14. The van der Waals surface area contributed by atoms with E-state index in [0.29, 0.717) is 11.4 Å². The third kappa shape index (κ3) is 5.87. The minimum Gasteiger partial charge on any atom is -0.484 e. The van der Waals surface area contributed by atoms with Crippen LogP contribution in [-0.2, 0) is 14.3 Å². The minimum atomic E-state index is -0.799. The Kier molecular flexibility index (Phi) is 6.81. The first-order valence-electron chi connectivity index (χ1n) is 8.65. The number of carbonyl (C=O) groups is 3.